The lowest BCUT2D eigenvalue weighted by Gasteiger charge is -2.29. The number of aliphatic hydroxyl groups is 1. The highest BCUT2D eigenvalue weighted by atomic mass is 16.3. The van der Waals surface area contributed by atoms with Crippen molar-refractivity contribution in [2.45, 2.75) is 38.8 Å². The number of rotatable bonds is 5. The maximum absolute atomic E-state index is 11.9. The van der Waals surface area contributed by atoms with Crippen LogP contribution in [0, 0.1) is 11.8 Å². The molecule has 1 N–H and O–H groups in total. The molecule has 0 spiro atoms. The molecule has 0 aromatic heterocycles. The highest BCUT2D eigenvalue weighted by molar-refractivity contribution is 5.76. The Bertz CT molecular complexity index is 459. The predicted octanol–water partition coefficient (Wildman–Crippen LogP) is 2.37. The molecule has 0 radical (unpaired) electrons. The van der Waals surface area contributed by atoms with Crippen LogP contribution in [0.2, 0.25) is 0 Å². The van der Waals surface area contributed by atoms with Gasteiger partial charge in [0.05, 0.1) is 12.1 Å². The Morgan fingerprint density at radius 2 is 2.00 bits per heavy atom. The number of aliphatic hydroxyl groups excluding tert-OH is 1. The van der Waals surface area contributed by atoms with Crippen LogP contribution in [0.4, 0.5) is 0 Å². The molecule has 0 saturated heterocycles. The molecule has 3 heteroatoms. The van der Waals surface area contributed by atoms with Crippen LogP contribution in [0.15, 0.2) is 30.3 Å². The largest absolute Gasteiger partial charge is 0.386 e. The molecule has 0 fully saturated rings. The number of carbonyl (C=O) groups excluding carboxylic acids is 1. The number of hydrogen-bond donors (Lipinski definition) is 1. The Morgan fingerprint density at radius 1 is 1.37 bits per heavy atom. The number of hydrogen-bond acceptors (Lipinski definition) is 2. The molecule has 1 aromatic carbocycles. The standard InChI is InChI=1S/C16H21NO2/c1-4-5-7-12-15(18)17(3)13(2)16(19)14-10-8-6-9-11-14/h6,8-11,13,16,19H,7,12H2,1-3H3/t13-,16+/m0/s1. The monoisotopic (exact) mass is 259 g/mol. The molecule has 2 atom stereocenters. The maximum Gasteiger partial charge on any atom is 0.223 e. The van der Waals surface area contributed by atoms with E-state index >= 15 is 0 Å². The van der Waals surface area contributed by atoms with Gasteiger partial charge in [-0.05, 0) is 19.4 Å². The quantitative estimate of drug-likeness (QED) is 0.825. The molecule has 19 heavy (non-hydrogen) atoms. The Balaban J connectivity index is 2.62. The van der Waals surface area contributed by atoms with E-state index < -0.39 is 6.10 Å². The second-order valence-corrected chi connectivity index (χ2v) is 4.53. The summed E-state index contributed by atoms with van der Waals surface area (Å²) in [5.41, 5.74) is 0.822. The van der Waals surface area contributed by atoms with E-state index in [1.165, 1.54) is 0 Å². The van der Waals surface area contributed by atoms with E-state index in [4.69, 9.17) is 0 Å². The molecule has 1 aromatic rings. The number of nitrogens with zero attached hydrogens (tertiary/aromatic N) is 1. The van der Waals surface area contributed by atoms with Gasteiger partial charge in [-0.25, -0.2) is 0 Å². The number of amides is 1. The molecule has 1 rings (SSSR count). The molecule has 0 aliphatic rings. The highest BCUT2D eigenvalue weighted by Crippen LogP contribution is 2.20. The van der Waals surface area contributed by atoms with Crippen molar-refractivity contribution in [3.63, 3.8) is 0 Å². The van der Waals surface area contributed by atoms with Gasteiger partial charge in [0.2, 0.25) is 5.91 Å². The first kappa shape index (κ1) is 15.3. The summed E-state index contributed by atoms with van der Waals surface area (Å²) in [6, 6.07) is 9.13. The van der Waals surface area contributed by atoms with Gasteiger partial charge in [0, 0.05) is 19.9 Å². The summed E-state index contributed by atoms with van der Waals surface area (Å²) in [6.45, 7) is 3.61. The third kappa shape index (κ3) is 4.42. The van der Waals surface area contributed by atoms with E-state index in [2.05, 4.69) is 11.8 Å². The van der Waals surface area contributed by atoms with Crippen LogP contribution in [0.3, 0.4) is 0 Å². The van der Waals surface area contributed by atoms with Crippen LogP contribution >= 0.6 is 0 Å². The zero-order valence-electron chi connectivity index (χ0n) is 11.8. The lowest BCUT2D eigenvalue weighted by molar-refractivity contribution is -0.133. The minimum atomic E-state index is -0.674. The van der Waals surface area contributed by atoms with Crippen molar-refractivity contribution < 1.29 is 9.90 Å². The van der Waals surface area contributed by atoms with Crippen molar-refractivity contribution in [1.29, 1.82) is 0 Å². The molecule has 0 unspecified atom stereocenters. The van der Waals surface area contributed by atoms with Crippen LogP contribution in [0.5, 0.6) is 0 Å². The Hall–Kier alpha value is -1.79. The van der Waals surface area contributed by atoms with Gasteiger partial charge in [0.15, 0.2) is 0 Å². The molecule has 0 saturated carbocycles. The third-order valence-electron chi connectivity index (χ3n) is 3.24. The minimum Gasteiger partial charge on any atom is -0.386 e. The van der Waals surface area contributed by atoms with E-state index in [1.54, 1.807) is 18.9 Å². The molecular weight excluding hydrogens is 238 g/mol. The van der Waals surface area contributed by atoms with Crippen molar-refractivity contribution in [2.24, 2.45) is 0 Å². The van der Waals surface area contributed by atoms with Crippen LogP contribution in [0.25, 0.3) is 0 Å². The van der Waals surface area contributed by atoms with Gasteiger partial charge in [-0.2, -0.15) is 0 Å². The summed E-state index contributed by atoms with van der Waals surface area (Å²) in [6.07, 6.45) is 0.282. The molecule has 0 heterocycles. The maximum atomic E-state index is 11.9. The molecule has 0 aliphatic heterocycles. The first-order valence-electron chi connectivity index (χ1n) is 6.46. The summed E-state index contributed by atoms with van der Waals surface area (Å²) in [5, 5.41) is 10.3. The zero-order valence-corrected chi connectivity index (χ0v) is 11.8. The molecule has 0 bridgehead atoms. The molecule has 1 amide bonds. The Labute approximate surface area is 115 Å². The van der Waals surface area contributed by atoms with Crippen molar-refractivity contribution >= 4 is 5.91 Å². The average Bonchev–Trinajstić information content (AvgIpc) is 2.46. The van der Waals surface area contributed by atoms with Crippen LogP contribution in [-0.2, 0) is 4.79 Å². The van der Waals surface area contributed by atoms with Crippen molar-refractivity contribution in [3.05, 3.63) is 35.9 Å². The second kappa shape index (κ2) is 7.60. The predicted molar refractivity (Wildman–Crippen MR) is 76.3 cm³/mol. The fourth-order valence-electron chi connectivity index (χ4n) is 1.84. The van der Waals surface area contributed by atoms with E-state index in [0.717, 1.165) is 5.56 Å². The molecule has 3 nitrogen and oxygen atoms in total. The van der Waals surface area contributed by atoms with Crippen LogP contribution < -0.4 is 0 Å². The lowest BCUT2D eigenvalue weighted by atomic mass is 10.0. The summed E-state index contributed by atoms with van der Waals surface area (Å²) in [4.78, 5) is 13.5. The van der Waals surface area contributed by atoms with Gasteiger partial charge in [0.25, 0.3) is 0 Å². The summed E-state index contributed by atoms with van der Waals surface area (Å²) < 4.78 is 0. The average molecular weight is 259 g/mol. The number of carbonyl (C=O) groups is 1. The van der Waals surface area contributed by atoms with Gasteiger partial charge in [-0.1, -0.05) is 30.3 Å². The SMILES string of the molecule is CC#CCCC(=O)N(C)[C@@H](C)[C@@H](O)c1ccccc1. The van der Waals surface area contributed by atoms with E-state index in [0.29, 0.717) is 12.8 Å². The van der Waals surface area contributed by atoms with Crippen LogP contribution in [-0.4, -0.2) is 29.0 Å². The van der Waals surface area contributed by atoms with Crippen molar-refractivity contribution in [3.8, 4) is 11.8 Å². The third-order valence-corrected chi connectivity index (χ3v) is 3.24. The van der Waals surface area contributed by atoms with Gasteiger partial charge in [-0.15, -0.1) is 11.8 Å². The van der Waals surface area contributed by atoms with Gasteiger partial charge >= 0.3 is 0 Å². The van der Waals surface area contributed by atoms with Gasteiger partial charge < -0.3 is 10.0 Å². The second-order valence-electron chi connectivity index (χ2n) is 4.53. The molecule has 102 valence electrons. The first-order chi connectivity index (χ1) is 9.07. The van der Waals surface area contributed by atoms with Crippen LogP contribution in [0.1, 0.15) is 38.4 Å². The molecule has 0 aliphatic carbocycles. The van der Waals surface area contributed by atoms with Crippen molar-refractivity contribution in [1.82, 2.24) is 4.90 Å². The minimum absolute atomic E-state index is 0.00484. The topological polar surface area (TPSA) is 40.5 Å². The van der Waals surface area contributed by atoms with Gasteiger partial charge in [0.1, 0.15) is 0 Å². The zero-order chi connectivity index (χ0) is 14.3. The number of likely N-dealkylation sites (N-methyl/N-ethyl adjacent to an activating group) is 1. The summed E-state index contributed by atoms with van der Waals surface area (Å²) in [7, 11) is 1.72. The van der Waals surface area contributed by atoms with E-state index in [9.17, 15) is 9.90 Å². The fourth-order valence-corrected chi connectivity index (χ4v) is 1.84. The van der Waals surface area contributed by atoms with E-state index in [-0.39, 0.29) is 11.9 Å². The molecular formula is C16H21NO2. The fraction of sp³-hybridized carbons (Fsp3) is 0.438. The Kier molecular flexibility index (Phi) is 6.11. The lowest BCUT2D eigenvalue weighted by Crippen LogP contribution is -2.38. The first-order valence-corrected chi connectivity index (χ1v) is 6.46. The Morgan fingerprint density at radius 3 is 2.58 bits per heavy atom. The highest BCUT2D eigenvalue weighted by Gasteiger charge is 2.23. The van der Waals surface area contributed by atoms with Crippen molar-refractivity contribution in [2.75, 3.05) is 7.05 Å². The summed E-state index contributed by atoms with van der Waals surface area (Å²) >= 11 is 0. The van der Waals surface area contributed by atoms with E-state index in [1.807, 2.05) is 37.3 Å². The summed E-state index contributed by atoms with van der Waals surface area (Å²) in [5.74, 6) is 5.65. The number of benzene rings is 1. The van der Waals surface area contributed by atoms with Gasteiger partial charge in [-0.3, -0.25) is 4.79 Å². The smallest absolute Gasteiger partial charge is 0.223 e. The normalized spacial score (nSPS) is 13.1.